The molecule has 14 heavy (non-hydrogen) atoms. The topological polar surface area (TPSA) is 17.0 Å². The molecule has 0 saturated carbocycles. The molecule has 0 aliphatic rings. The van der Waals surface area contributed by atoms with Gasteiger partial charge in [-0.25, -0.2) is 0 Å². The van der Waals surface area contributed by atoms with Crippen LogP contribution in [-0.4, -0.2) is 22.6 Å². The van der Waals surface area contributed by atoms with Crippen LogP contribution in [0.4, 0.5) is 0 Å². The fraction of sp³-hybridized carbons (Fsp3) is 0.636. The normalized spacial score (nSPS) is 13.1. The first kappa shape index (κ1) is 11.7. The van der Waals surface area contributed by atoms with E-state index < -0.39 is 0 Å². The average molecular weight is 212 g/mol. The SMILES string of the molecule is CCn1cccc1CNCC(C)SC. The summed E-state index contributed by atoms with van der Waals surface area (Å²) in [6.45, 7) is 7.54. The van der Waals surface area contributed by atoms with Gasteiger partial charge in [0.15, 0.2) is 0 Å². The Hall–Kier alpha value is -0.410. The van der Waals surface area contributed by atoms with Crippen LogP contribution in [-0.2, 0) is 13.1 Å². The van der Waals surface area contributed by atoms with Crippen LogP contribution in [0, 0.1) is 0 Å². The van der Waals surface area contributed by atoms with Crippen LogP contribution in [0.25, 0.3) is 0 Å². The molecule has 1 N–H and O–H groups in total. The van der Waals surface area contributed by atoms with Gasteiger partial charge < -0.3 is 9.88 Å². The maximum atomic E-state index is 3.47. The van der Waals surface area contributed by atoms with E-state index in [2.05, 4.69) is 48.3 Å². The van der Waals surface area contributed by atoms with Crippen molar-refractivity contribution in [3.05, 3.63) is 24.0 Å². The van der Waals surface area contributed by atoms with Gasteiger partial charge in [-0.2, -0.15) is 11.8 Å². The number of nitrogens with one attached hydrogen (secondary N) is 1. The second kappa shape index (κ2) is 6.14. The number of hydrogen-bond acceptors (Lipinski definition) is 2. The molecule has 0 saturated heterocycles. The van der Waals surface area contributed by atoms with Crippen LogP contribution in [0.1, 0.15) is 19.5 Å². The molecule has 0 aliphatic heterocycles. The lowest BCUT2D eigenvalue weighted by Crippen LogP contribution is -2.23. The van der Waals surface area contributed by atoms with Gasteiger partial charge in [-0.1, -0.05) is 6.92 Å². The van der Waals surface area contributed by atoms with Gasteiger partial charge in [-0.15, -0.1) is 0 Å². The van der Waals surface area contributed by atoms with Crippen molar-refractivity contribution in [3.8, 4) is 0 Å². The molecule has 80 valence electrons. The highest BCUT2D eigenvalue weighted by molar-refractivity contribution is 7.99. The van der Waals surface area contributed by atoms with E-state index in [1.54, 1.807) is 0 Å². The Kier molecular flexibility index (Phi) is 5.12. The predicted molar refractivity (Wildman–Crippen MR) is 64.8 cm³/mol. The molecule has 0 fully saturated rings. The first-order valence-corrected chi connectivity index (χ1v) is 6.44. The largest absolute Gasteiger partial charge is 0.351 e. The summed E-state index contributed by atoms with van der Waals surface area (Å²) in [6.07, 6.45) is 4.29. The summed E-state index contributed by atoms with van der Waals surface area (Å²) in [5.41, 5.74) is 1.38. The highest BCUT2D eigenvalue weighted by Gasteiger charge is 2.00. The number of aromatic nitrogens is 1. The Bertz CT molecular complexity index is 258. The van der Waals surface area contributed by atoms with Crippen LogP contribution >= 0.6 is 11.8 Å². The lowest BCUT2D eigenvalue weighted by Gasteiger charge is -2.11. The van der Waals surface area contributed by atoms with E-state index in [0.29, 0.717) is 5.25 Å². The molecule has 3 heteroatoms. The Morgan fingerprint density at radius 1 is 1.57 bits per heavy atom. The minimum Gasteiger partial charge on any atom is -0.351 e. The molecule has 1 aromatic heterocycles. The molecule has 1 atom stereocenters. The predicted octanol–water partition coefficient (Wildman–Crippen LogP) is 2.35. The molecule has 1 heterocycles. The first-order valence-electron chi connectivity index (χ1n) is 5.15. The Morgan fingerprint density at radius 3 is 3.00 bits per heavy atom. The number of nitrogens with zero attached hydrogens (tertiary/aromatic N) is 1. The van der Waals surface area contributed by atoms with Gasteiger partial charge in [0.25, 0.3) is 0 Å². The van der Waals surface area contributed by atoms with E-state index >= 15 is 0 Å². The Balaban J connectivity index is 2.31. The van der Waals surface area contributed by atoms with E-state index in [9.17, 15) is 0 Å². The molecule has 2 nitrogen and oxygen atoms in total. The minimum absolute atomic E-state index is 0.694. The zero-order chi connectivity index (χ0) is 10.4. The highest BCUT2D eigenvalue weighted by atomic mass is 32.2. The van der Waals surface area contributed by atoms with E-state index in [0.717, 1.165) is 19.6 Å². The van der Waals surface area contributed by atoms with Gasteiger partial charge >= 0.3 is 0 Å². The first-order chi connectivity index (χ1) is 6.77. The second-order valence-electron chi connectivity index (χ2n) is 3.46. The van der Waals surface area contributed by atoms with Crippen molar-refractivity contribution in [2.24, 2.45) is 0 Å². The van der Waals surface area contributed by atoms with Crippen molar-refractivity contribution in [1.82, 2.24) is 9.88 Å². The summed E-state index contributed by atoms with van der Waals surface area (Å²) in [5, 5.41) is 4.17. The fourth-order valence-corrected chi connectivity index (χ4v) is 1.69. The van der Waals surface area contributed by atoms with Gasteiger partial charge in [0, 0.05) is 36.8 Å². The molecular weight excluding hydrogens is 192 g/mol. The minimum atomic E-state index is 0.694. The van der Waals surface area contributed by atoms with Crippen LogP contribution in [0.5, 0.6) is 0 Å². The van der Waals surface area contributed by atoms with Gasteiger partial charge in [0.2, 0.25) is 0 Å². The molecule has 0 radical (unpaired) electrons. The van der Waals surface area contributed by atoms with Crippen molar-refractivity contribution in [2.45, 2.75) is 32.2 Å². The lowest BCUT2D eigenvalue weighted by atomic mass is 10.4. The lowest BCUT2D eigenvalue weighted by molar-refractivity contribution is 0.627. The van der Waals surface area contributed by atoms with E-state index in [-0.39, 0.29) is 0 Å². The smallest absolute Gasteiger partial charge is 0.0359 e. The van der Waals surface area contributed by atoms with Crippen LogP contribution in [0.3, 0.4) is 0 Å². The highest BCUT2D eigenvalue weighted by Crippen LogP contribution is 2.04. The number of thioether (sulfide) groups is 1. The Morgan fingerprint density at radius 2 is 2.36 bits per heavy atom. The van der Waals surface area contributed by atoms with Crippen LogP contribution < -0.4 is 5.32 Å². The monoisotopic (exact) mass is 212 g/mol. The summed E-state index contributed by atoms with van der Waals surface area (Å²) in [5.74, 6) is 0. The number of rotatable bonds is 6. The molecule has 0 amide bonds. The van der Waals surface area contributed by atoms with Crippen molar-refractivity contribution in [3.63, 3.8) is 0 Å². The van der Waals surface area contributed by atoms with E-state index in [1.165, 1.54) is 5.69 Å². The third-order valence-corrected chi connectivity index (χ3v) is 3.38. The standard InChI is InChI=1S/C11H20N2S/c1-4-13-7-5-6-11(13)9-12-8-10(2)14-3/h5-7,10,12H,4,8-9H2,1-3H3. The summed E-state index contributed by atoms with van der Waals surface area (Å²) >= 11 is 1.90. The van der Waals surface area contributed by atoms with E-state index in [1.807, 2.05) is 11.8 Å². The number of hydrogen-bond donors (Lipinski definition) is 1. The van der Waals surface area contributed by atoms with Gasteiger partial charge in [0.05, 0.1) is 0 Å². The Labute approximate surface area is 91.1 Å². The summed E-state index contributed by atoms with van der Waals surface area (Å²) in [6, 6.07) is 4.29. The third-order valence-electron chi connectivity index (χ3n) is 2.40. The summed E-state index contributed by atoms with van der Waals surface area (Å²) < 4.78 is 2.27. The summed E-state index contributed by atoms with van der Waals surface area (Å²) in [4.78, 5) is 0. The molecule has 0 bridgehead atoms. The second-order valence-corrected chi connectivity index (χ2v) is 4.74. The van der Waals surface area contributed by atoms with Gasteiger partial charge in [-0.05, 0) is 25.3 Å². The zero-order valence-electron chi connectivity index (χ0n) is 9.29. The maximum absolute atomic E-state index is 3.47. The fourth-order valence-electron chi connectivity index (χ4n) is 1.41. The summed E-state index contributed by atoms with van der Waals surface area (Å²) in [7, 11) is 0. The molecule has 1 unspecified atom stereocenters. The molecule has 1 rings (SSSR count). The third kappa shape index (κ3) is 3.39. The van der Waals surface area contributed by atoms with Crippen LogP contribution in [0.2, 0.25) is 0 Å². The zero-order valence-corrected chi connectivity index (χ0v) is 10.1. The molecule has 0 spiro atoms. The van der Waals surface area contributed by atoms with Crippen molar-refractivity contribution in [2.75, 3.05) is 12.8 Å². The number of aryl methyl sites for hydroxylation is 1. The average Bonchev–Trinajstić information content (AvgIpc) is 2.65. The van der Waals surface area contributed by atoms with E-state index in [4.69, 9.17) is 0 Å². The van der Waals surface area contributed by atoms with Crippen LogP contribution in [0.15, 0.2) is 18.3 Å². The van der Waals surface area contributed by atoms with Crippen molar-refractivity contribution < 1.29 is 0 Å². The molecule has 0 aromatic carbocycles. The van der Waals surface area contributed by atoms with Gasteiger partial charge in [0.1, 0.15) is 0 Å². The quantitative estimate of drug-likeness (QED) is 0.779. The van der Waals surface area contributed by atoms with Gasteiger partial charge in [-0.3, -0.25) is 0 Å². The maximum Gasteiger partial charge on any atom is 0.0359 e. The van der Waals surface area contributed by atoms with Crippen molar-refractivity contribution in [1.29, 1.82) is 0 Å². The molecular formula is C11H20N2S. The van der Waals surface area contributed by atoms with Crippen molar-refractivity contribution >= 4 is 11.8 Å². The molecule has 1 aromatic rings. The molecule has 0 aliphatic carbocycles.